The largest absolute Gasteiger partial charge is 0.360 e. The van der Waals surface area contributed by atoms with Crippen LogP contribution in [0.25, 0.3) is 0 Å². The lowest BCUT2D eigenvalue weighted by molar-refractivity contribution is 0.182. The van der Waals surface area contributed by atoms with Crippen LogP contribution in [0.4, 0.5) is 0 Å². The van der Waals surface area contributed by atoms with Gasteiger partial charge in [0.1, 0.15) is 0 Å². The van der Waals surface area contributed by atoms with Crippen molar-refractivity contribution >= 4 is 0 Å². The van der Waals surface area contributed by atoms with Gasteiger partial charge in [0.05, 0.1) is 18.3 Å². The highest BCUT2D eigenvalue weighted by atomic mass is 16.5. The summed E-state index contributed by atoms with van der Waals surface area (Å²) in [6.07, 6.45) is 8.69. The standard InChI is InChI=1S/C19H28N4O2/c1-13(2)18-20-19(25-22-18)17-9-6-10-23(17)12-15-11-16(21-24-15)14-7-4-3-5-8-14/h11,13-14,17H,3-10,12H2,1-2H3/t17-/m1/s1. The van der Waals surface area contributed by atoms with Crippen LogP contribution in [0.2, 0.25) is 0 Å². The van der Waals surface area contributed by atoms with Crippen molar-refractivity contribution in [1.82, 2.24) is 20.2 Å². The molecule has 1 aliphatic carbocycles. The van der Waals surface area contributed by atoms with Crippen molar-refractivity contribution in [2.24, 2.45) is 0 Å². The van der Waals surface area contributed by atoms with E-state index < -0.39 is 0 Å². The van der Waals surface area contributed by atoms with Crippen LogP contribution in [0.1, 0.15) is 99.8 Å². The molecule has 2 aromatic rings. The first kappa shape index (κ1) is 16.8. The van der Waals surface area contributed by atoms with Gasteiger partial charge in [0, 0.05) is 17.9 Å². The molecule has 136 valence electrons. The van der Waals surface area contributed by atoms with Crippen LogP contribution in [-0.4, -0.2) is 26.7 Å². The van der Waals surface area contributed by atoms with Crippen molar-refractivity contribution in [2.75, 3.05) is 6.54 Å². The lowest BCUT2D eigenvalue weighted by atomic mass is 9.87. The summed E-state index contributed by atoms with van der Waals surface area (Å²) in [5.41, 5.74) is 1.14. The highest BCUT2D eigenvalue weighted by Crippen LogP contribution is 2.35. The van der Waals surface area contributed by atoms with Crippen molar-refractivity contribution in [3.63, 3.8) is 0 Å². The van der Waals surface area contributed by atoms with E-state index in [4.69, 9.17) is 9.05 Å². The Hall–Kier alpha value is -1.69. The maximum Gasteiger partial charge on any atom is 0.244 e. The zero-order chi connectivity index (χ0) is 17.2. The molecule has 0 spiro atoms. The van der Waals surface area contributed by atoms with Gasteiger partial charge in [-0.25, -0.2) is 0 Å². The lowest BCUT2D eigenvalue weighted by Gasteiger charge is -2.20. The van der Waals surface area contributed by atoms with Gasteiger partial charge in [0.2, 0.25) is 5.89 Å². The predicted octanol–water partition coefficient (Wildman–Crippen LogP) is 4.57. The molecule has 1 aliphatic heterocycles. The van der Waals surface area contributed by atoms with Gasteiger partial charge in [-0.3, -0.25) is 4.90 Å². The molecule has 0 radical (unpaired) electrons. The second kappa shape index (κ2) is 7.28. The molecule has 2 aliphatic rings. The molecule has 6 nitrogen and oxygen atoms in total. The number of aromatic nitrogens is 3. The monoisotopic (exact) mass is 344 g/mol. The maximum absolute atomic E-state index is 5.65. The molecular formula is C19H28N4O2. The van der Waals surface area contributed by atoms with Crippen LogP contribution in [0.15, 0.2) is 15.1 Å². The summed E-state index contributed by atoms with van der Waals surface area (Å²) in [5.74, 6) is 3.37. The summed E-state index contributed by atoms with van der Waals surface area (Å²) < 4.78 is 11.2. The Morgan fingerprint density at radius 3 is 2.68 bits per heavy atom. The zero-order valence-corrected chi connectivity index (χ0v) is 15.3. The fourth-order valence-corrected chi connectivity index (χ4v) is 4.11. The first-order chi connectivity index (χ1) is 12.2. The quantitative estimate of drug-likeness (QED) is 0.791. The minimum Gasteiger partial charge on any atom is -0.360 e. The normalized spacial score (nSPS) is 22.9. The van der Waals surface area contributed by atoms with Crippen molar-refractivity contribution < 1.29 is 9.05 Å². The van der Waals surface area contributed by atoms with Crippen LogP contribution in [0.3, 0.4) is 0 Å². The minimum absolute atomic E-state index is 0.197. The summed E-state index contributed by atoms with van der Waals surface area (Å²) >= 11 is 0. The van der Waals surface area contributed by atoms with Crippen LogP contribution in [0, 0.1) is 0 Å². The lowest BCUT2D eigenvalue weighted by Crippen LogP contribution is -2.22. The summed E-state index contributed by atoms with van der Waals surface area (Å²) in [6, 6.07) is 2.36. The van der Waals surface area contributed by atoms with Gasteiger partial charge in [0.15, 0.2) is 11.6 Å². The predicted molar refractivity (Wildman–Crippen MR) is 93.1 cm³/mol. The smallest absolute Gasteiger partial charge is 0.244 e. The molecule has 2 aromatic heterocycles. The summed E-state index contributed by atoms with van der Waals surface area (Å²) in [6.45, 7) is 5.97. The molecule has 25 heavy (non-hydrogen) atoms. The third-order valence-corrected chi connectivity index (χ3v) is 5.58. The second-order valence-corrected chi connectivity index (χ2v) is 7.83. The fourth-order valence-electron chi connectivity index (χ4n) is 4.11. The molecule has 0 bridgehead atoms. The fraction of sp³-hybridized carbons (Fsp3) is 0.737. The minimum atomic E-state index is 0.197. The topological polar surface area (TPSA) is 68.2 Å². The molecule has 1 saturated carbocycles. The first-order valence-electron chi connectivity index (χ1n) is 9.73. The molecule has 0 N–H and O–H groups in total. The maximum atomic E-state index is 5.65. The number of hydrogen-bond acceptors (Lipinski definition) is 6. The molecule has 1 atom stereocenters. The summed E-state index contributed by atoms with van der Waals surface area (Å²) in [7, 11) is 0. The van der Waals surface area contributed by atoms with Gasteiger partial charge >= 0.3 is 0 Å². The van der Waals surface area contributed by atoms with Gasteiger partial charge in [-0.05, 0) is 32.2 Å². The highest BCUT2D eigenvalue weighted by molar-refractivity contribution is 5.12. The molecule has 0 amide bonds. The highest BCUT2D eigenvalue weighted by Gasteiger charge is 2.32. The van der Waals surface area contributed by atoms with Crippen LogP contribution >= 0.6 is 0 Å². The van der Waals surface area contributed by atoms with Crippen LogP contribution in [-0.2, 0) is 6.54 Å². The van der Waals surface area contributed by atoms with Crippen molar-refractivity contribution in [1.29, 1.82) is 0 Å². The van der Waals surface area contributed by atoms with E-state index in [0.717, 1.165) is 49.1 Å². The second-order valence-electron chi connectivity index (χ2n) is 7.83. The van der Waals surface area contributed by atoms with E-state index >= 15 is 0 Å². The third-order valence-electron chi connectivity index (χ3n) is 5.58. The Kier molecular flexibility index (Phi) is 4.88. The van der Waals surface area contributed by atoms with Crippen LogP contribution in [0.5, 0.6) is 0 Å². The average molecular weight is 344 g/mol. The molecule has 6 heteroatoms. The Bertz CT molecular complexity index is 687. The Labute approximate surface area is 148 Å². The van der Waals surface area contributed by atoms with E-state index in [1.54, 1.807) is 0 Å². The van der Waals surface area contributed by atoms with Gasteiger partial charge in [-0.2, -0.15) is 4.98 Å². The Balaban J connectivity index is 1.43. The first-order valence-corrected chi connectivity index (χ1v) is 9.73. The van der Waals surface area contributed by atoms with Crippen molar-refractivity contribution in [2.45, 2.75) is 83.2 Å². The number of nitrogens with zero attached hydrogens (tertiary/aromatic N) is 4. The molecular weight excluding hydrogens is 316 g/mol. The van der Waals surface area contributed by atoms with Gasteiger partial charge in [0.25, 0.3) is 0 Å². The van der Waals surface area contributed by atoms with E-state index in [-0.39, 0.29) is 6.04 Å². The molecule has 2 fully saturated rings. The third kappa shape index (κ3) is 3.64. The molecule has 1 saturated heterocycles. The molecule has 3 heterocycles. The van der Waals surface area contributed by atoms with Gasteiger partial charge < -0.3 is 9.05 Å². The SMILES string of the molecule is CC(C)c1noc([C@H]2CCCN2Cc2cc(C3CCCCC3)no2)n1. The Morgan fingerprint density at radius 1 is 1.08 bits per heavy atom. The number of hydrogen-bond donors (Lipinski definition) is 0. The molecule has 0 aromatic carbocycles. The molecule has 4 rings (SSSR count). The van der Waals surface area contributed by atoms with E-state index in [1.807, 2.05) is 0 Å². The van der Waals surface area contributed by atoms with Crippen molar-refractivity contribution in [3.8, 4) is 0 Å². The van der Waals surface area contributed by atoms with Crippen molar-refractivity contribution in [3.05, 3.63) is 29.2 Å². The number of likely N-dealkylation sites (tertiary alicyclic amines) is 1. The van der Waals surface area contributed by atoms with Gasteiger partial charge in [-0.15, -0.1) is 0 Å². The summed E-state index contributed by atoms with van der Waals surface area (Å²) in [4.78, 5) is 6.97. The van der Waals surface area contributed by atoms with E-state index in [1.165, 1.54) is 32.1 Å². The number of rotatable bonds is 5. The average Bonchev–Trinajstić information content (AvgIpc) is 3.36. The Morgan fingerprint density at radius 2 is 1.92 bits per heavy atom. The van der Waals surface area contributed by atoms with E-state index in [9.17, 15) is 0 Å². The van der Waals surface area contributed by atoms with Gasteiger partial charge in [-0.1, -0.05) is 43.4 Å². The zero-order valence-electron chi connectivity index (χ0n) is 15.3. The van der Waals surface area contributed by atoms with E-state index in [2.05, 4.69) is 40.1 Å². The van der Waals surface area contributed by atoms with Crippen LogP contribution < -0.4 is 0 Å². The summed E-state index contributed by atoms with van der Waals surface area (Å²) in [5, 5.41) is 8.47. The van der Waals surface area contributed by atoms with E-state index in [0.29, 0.717) is 11.8 Å². The molecule has 0 unspecified atom stereocenters.